The van der Waals surface area contributed by atoms with Crippen LogP contribution >= 0.6 is 0 Å². The molecule has 0 saturated heterocycles. The largest absolute Gasteiger partial charge is 0.492 e. The number of ether oxygens (including phenoxy) is 1. The van der Waals surface area contributed by atoms with E-state index in [9.17, 15) is 0 Å². The van der Waals surface area contributed by atoms with Crippen LogP contribution in [0.2, 0.25) is 0 Å². The molecular formula is C18H17N3O. The van der Waals surface area contributed by atoms with Gasteiger partial charge in [0.2, 0.25) is 0 Å². The minimum absolute atomic E-state index is 0.595. The number of nitrogens with two attached hydrogens (primary N) is 1. The monoisotopic (exact) mass is 291 g/mol. The third-order valence-corrected chi connectivity index (χ3v) is 3.37. The summed E-state index contributed by atoms with van der Waals surface area (Å²) >= 11 is 0. The summed E-state index contributed by atoms with van der Waals surface area (Å²) in [6.07, 6.45) is 0. The van der Waals surface area contributed by atoms with Gasteiger partial charge in [-0.15, -0.1) is 10.2 Å². The Kier molecular flexibility index (Phi) is 4.01. The number of fused-ring (bicyclic) bond motifs is 1. The van der Waals surface area contributed by atoms with Gasteiger partial charge in [-0.1, -0.05) is 36.4 Å². The van der Waals surface area contributed by atoms with Crippen LogP contribution in [-0.2, 0) is 0 Å². The zero-order valence-electron chi connectivity index (χ0n) is 12.4. The van der Waals surface area contributed by atoms with Crippen LogP contribution in [0.4, 0.5) is 17.1 Å². The van der Waals surface area contributed by atoms with E-state index in [2.05, 4.69) is 10.2 Å². The Balaban J connectivity index is 2.02. The van der Waals surface area contributed by atoms with Gasteiger partial charge in [-0.2, -0.15) is 0 Å². The molecule has 0 unspecified atom stereocenters. The van der Waals surface area contributed by atoms with Crippen molar-refractivity contribution in [2.45, 2.75) is 6.92 Å². The summed E-state index contributed by atoms with van der Waals surface area (Å²) in [5, 5.41) is 10.7. The summed E-state index contributed by atoms with van der Waals surface area (Å²) in [7, 11) is 0. The number of rotatable bonds is 4. The number of hydrogen-bond donors (Lipinski definition) is 1. The molecule has 0 aliphatic rings. The Hall–Kier alpha value is -2.88. The van der Waals surface area contributed by atoms with E-state index in [1.807, 2.05) is 67.6 Å². The fourth-order valence-electron chi connectivity index (χ4n) is 2.32. The molecule has 0 heterocycles. The van der Waals surface area contributed by atoms with Crippen molar-refractivity contribution in [1.29, 1.82) is 0 Å². The lowest BCUT2D eigenvalue weighted by atomic mass is 10.1. The van der Waals surface area contributed by atoms with Gasteiger partial charge in [0.15, 0.2) is 0 Å². The van der Waals surface area contributed by atoms with Gasteiger partial charge in [0.25, 0.3) is 0 Å². The van der Waals surface area contributed by atoms with Crippen LogP contribution in [0.15, 0.2) is 70.9 Å². The fraction of sp³-hybridized carbons (Fsp3) is 0.111. The van der Waals surface area contributed by atoms with E-state index in [1.54, 1.807) is 0 Å². The first kappa shape index (κ1) is 14.1. The number of azo groups is 1. The van der Waals surface area contributed by atoms with Gasteiger partial charge in [0.1, 0.15) is 11.4 Å². The minimum Gasteiger partial charge on any atom is -0.492 e. The van der Waals surface area contributed by atoms with Gasteiger partial charge < -0.3 is 10.5 Å². The molecule has 4 heteroatoms. The zero-order valence-corrected chi connectivity index (χ0v) is 12.4. The van der Waals surface area contributed by atoms with Gasteiger partial charge >= 0.3 is 0 Å². The highest BCUT2D eigenvalue weighted by Crippen LogP contribution is 2.33. The molecule has 0 atom stereocenters. The van der Waals surface area contributed by atoms with E-state index >= 15 is 0 Å². The highest BCUT2D eigenvalue weighted by molar-refractivity contribution is 5.99. The summed E-state index contributed by atoms with van der Waals surface area (Å²) < 4.78 is 5.56. The molecule has 22 heavy (non-hydrogen) atoms. The van der Waals surface area contributed by atoms with E-state index in [0.717, 1.165) is 27.9 Å². The van der Waals surface area contributed by atoms with E-state index < -0.39 is 0 Å². The molecule has 0 bridgehead atoms. The van der Waals surface area contributed by atoms with Crippen LogP contribution in [0, 0.1) is 0 Å². The van der Waals surface area contributed by atoms with Gasteiger partial charge in [-0.3, -0.25) is 0 Å². The van der Waals surface area contributed by atoms with E-state index in [4.69, 9.17) is 10.5 Å². The summed E-state index contributed by atoms with van der Waals surface area (Å²) in [5.41, 5.74) is 8.25. The van der Waals surface area contributed by atoms with Crippen LogP contribution < -0.4 is 10.5 Å². The third-order valence-electron chi connectivity index (χ3n) is 3.37. The number of para-hydroxylation sites is 1. The van der Waals surface area contributed by atoms with Gasteiger partial charge in [0.05, 0.1) is 12.3 Å². The first-order chi connectivity index (χ1) is 10.8. The topological polar surface area (TPSA) is 60.0 Å². The number of anilines is 1. The molecule has 0 spiro atoms. The second-order valence-corrected chi connectivity index (χ2v) is 4.82. The van der Waals surface area contributed by atoms with Crippen molar-refractivity contribution in [3.05, 3.63) is 60.7 Å². The lowest BCUT2D eigenvalue weighted by Crippen LogP contribution is -1.90. The molecule has 0 radical (unpaired) electrons. The van der Waals surface area contributed by atoms with Crippen molar-refractivity contribution >= 4 is 27.8 Å². The van der Waals surface area contributed by atoms with Gasteiger partial charge in [0, 0.05) is 16.5 Å². The maximum atomic E-state index is 6.00. The van der Waals surface area contributed by atoms with Gasteiger partial charge in [-0.05, 0) is 31.2 Å². The molecule has 2 N–H and O–H groups in total. The highest BCUT2D eigenvalue weighted by atomic mass is 16.5. The average molecular weight is 291 g/mol. The van der Waals surface area contributed by atoms with Crippen LogP contribution in [0.25, 0.3) is 10.8 Å². The van der Waals surface area contributed by atoms with E-state index in [-0.39, 0.29) is 0 Å². The number of hydrogen-bond acceptors (Lipinski definition) is 4. The maximum Gasteiger partial charge on any atom is 0.146 e. The molecule has 0 fully saturated rings. The molecule has 4 nitrogen and oxygen atoms in total. The van der Waals surface area contributed by atoms with Crippen LogP contribution in [0.5, 0.6) is 5.75 Å². The Morgan fingerprint density at radius 3 is 2.32 bits per heavy atom. The fourth-order valence-corrected chi connectivity index (χ4v) is 2.32. The van der Waals surface area contributed by atoms with Crippen molar-refractivity contribution in [2.24, 2.45) is 10.2 Å². The van der Waals surface area contributed by atoms with Crippen molar-refractivity contribution in [1.82, 2.24) is 0 Å². The van der Waals surface area contributed by atoms with E-state index in [1.165, 1.54) is 0 Å². The second kappa shape index (κ2) is 6.26. The number of benzene rings is 3. The first-order valence-corrected chi connectivity index (χ1v) is 7.20. The summed E-state index contributed by atoms with van der Waals surface area (Å²) in [4.78, 5) is 0. The quantitative estimate of drug-likeness (QED) is 0.528. The van der Waals surface area contributed by atoms with Crippen molar-refractivity contribution in [2.75, 3.05) is 12.3 Å². The Labute approximate surface area is 129 Å². The predicted octanol–water partition coefficient (Wildman–Crippen LogP) is 5.24. The molecule has 0 aliphatic heterocycles. The molecule has 3 aromatic rings. The lowest BCUT2D eigenvalue weighted by molar-refractivity contribution is 0.341. The van der Waals surface area contributed by atoms with Crippen molar-refractivity contribution in [3.63, 3.8) is 0 Å². The third kappa shape index (κ3) is 2.76. The summed E-state index contributed by atoms with van der Waals surface area (Å²) in [6.45, 7) is 2.54. The lowest BCUT2D eigenvalue weighted by Gasteiger charge is -2.06. The number of nitrogens with zero attached hydrogens (tertiary/aromatic N) is 2. The molecule has 0 aromatic heterocycles. The Morgan fingerprint density at radius 1 is 0.818 bits per heavy atom. The van der Waals surface area contributed by atoms with Crippen molar-refractivity contribution in [3.8, 4) is 5.75 Å². The maximum absolute atomic E-state index is 6.00. The van der Waals surface area contributed by atoms with Crippen LogP contribution in [0.3, 0.4) is 0 Å². The second-order valence-electron chi connectivity index (χ2n) is 4.82. The van der Waals surface area contributed by atoms with Crippen molar-refractivity contribution < 1.29 is 4.74 Å². The van der Waals surface area contributed by atoms with Crippen LogP contribution in [0.1, 0.15) is 6.92 Å². The van der Waals surface area contributed by atoms with Gasteiger partial charge in [-0.25, -0.2) is 0 Å². The SMILES string of the molecule is CCOc1ccccc1/N=N/c1ccc(N)c2ccccc12. The highest BCUT2D eigenvalue weighted by Gasteiger charge is 2.04. The summed E-state index contributed by atoms with van der Waals surface area (Å²) in [5.74, 6) is 0.730. The predicted molar refractivity (Wildman–Crippen MR) is 90.1 cm³/mol. The average Bonchev–Trinajstić information content (AvgIpc) is 2.56. The summed E-state index contributed by atoms with van der Waals surface area (Å²) in [6, 6.07) is 19.2. The standard InChI is InChI=1S/C18H17N3O/c1-2-22-18-10-6-5-9-17(18)21-20-16-12-11-15(19)13-7-3-4-8-14(13)16/h3-12H,2,19H2,1H3/b21-20+. The number of nitrogen functional groups attached to an aromatic ring is 1. The molecule has 3 aromatic carbocycles. The zero-order chi connectivity index (χ0) is 15.4. The minimum atomic E-state index is 0.595. The smallest absolute Gasteiger partial charge is 0.146 e. The molecule has 3 rings (SSSR count). The molecule has 110 valence electrons. The molecule has 0 saturated carbocycles. The molecular weight excluding hydrogens is 274 g/mol. The first-order valence-electron chi connectivity index (χ1n) is 7.20. The molecule has 0 amide bonds. The normalized spacial score (nSPS) is 11.1. The Bertz CT molecular complexity index is 827. The van der Waals surface area contributed by atoms with E-state index in [0.29, 0.717) is 12.3 Å². The molecule has 0 aliphatic carbocycles. The van der Waals surface area contributed by atoms with Crippen LogP contribution in [-0.4, -0.2) is 6.61 Å². The Morgan fingerprint density at radius 2 is 1.50 bits per heavy atom.